The van der Waals surface area contributed by atoms with Crippen molar-refractivity contribution in [3.05, 3.63) is 42.2 Å². The quantitative estimate of drug-likeness (QED) is 0.891. The van der Waals surface area contributed by atoms with Crippen molar-refractivity contribution in [1.82, 2.24) is 14.8 Å². The van der Waals surface area contributed by atoms with E-state index in [1.165, 1.54) is 0 Å². The van der Waals surface area contributed by atoms with E-state index in [1.54, 1.807) is 0 Å². The van der Waals surface area contributed by atoms with Crippen LogP contribution >= 0.6 is 0 Å². The first-order chi connectivity index (χ1) is 9.83. The Labute approximate surface area is 118 Å². The molecule has 1 aromatic carbocycles. The Morgan fingerprint density at radius 1 is 1.10 bits per heavy atom. The summed E-state index contributed by atoms with van der Waals surface area (Å²) in [6.07, 6.45) is 3.23. The first-order valence-electron chi connectivity index (χ1n) is 7.30. The van der Waals surface area contributed by atoms with Gasteiger partial charge in [0.15, 0.2) is 0 Å². The molecule has 0 radical (unpaired) electrons. The summed E-state index contributed by atoms with van der Waals surface area (Å²) in [6.45, 7) is 5.37. The molecule has 3 fully saturated rings. The summed E-state index contributed by atoms with van der Waals surface area (Å²) in [7, 11) is 0. The molecule has 3 aliphatic rings. The summed E-state index contributed by atoms with van der Waals surface area (Å²) < 4.78 is 0. The summed E-state index contributed by atoms with van der Waals surface area (Å²) in [4.78, 5) is 9.17. The molecule has 3 aliphatic heterocycles. The van der Waals surface area contributed by atoms with Gasteiger partial charge in [-0.05, 0) is 5.39 Å². The first kappa shape index (κ1) is 12.3. The monoisotopic (exact) mass is 269 g/mol. The van der Waals surface area contributed by atoms with Gasteiger partial charge in [-0.15, -0.1) is 0 Å². The molecule has 0 aliphatic carbocycles. The lowest BCUT2D eigenvalue weighted by molar-refractivity contribution is -0.0466. The molecule has 4 heterocycles. The topological polar surface area (TPSA) is 39.6 Å². The molecule has 104 valence electrons. The van der Waals surface area contributed by atoms with E-state index in [-0.39, 0.29) is 6.04 Å². The number of aromatic nitrogens is 1. The molecule has 0 spiro atoms. The second-order valence-corrected chi connectivity index (χ2v) is 5.80. The Bertz CT molecular complexity index is 617. The number of benzene rings is 1. The molecule has 1 N–H and O–H groups in total. The lowest BCUT2D eigenvalue weighted by Crippen LogP contribution is -2.62. The Morgan fingerprint density at radius 3 is 2.65 bits per heavy atom. The second-order valence-electron chi connectivity index (χ2n) is 5.80. The zero-order valence-electron chi connectivity index (χ0n) is 11.4. The van der Waals surface area contributed by atoms with Crippen molar-refractivity contribution in [1.29, 1.82) is 0 Å². The largest absolute Gasteiger partial charge is 0.387 e. The smallest absolute Gasteiger partial charge is 0.0978 e. The highest BCUT2D eigenvalue weighted by Crippen LogP contribution is 2.30. The number of hydrogen-bond acceptors (Lipinski definition) is 4. The average molecular weight is 269 g/mol. The van der Waals surface area contributed by atoms with E-state index in [9.17, 15) is 5.11 Å². The fraction of sp³-hybridized carbons (Fsp3) is 0.438. The molecule has 0 amide bonds. The van der Waals surface area contributed by atoms with E-state index in [1.807, 2.05) is 24.5 Å². The molecular formula is C16H19N3O. The van der Waals surface area contributed by atoms with Crippen molar-refractivity contribution in [2.24, 2.45) is 0 Å². The highest BCUT2D eigenvalue weighted by molar-refractivity contribution is 5.85. The number of pyridine rings is 1. The normalized spacial score (nSPS) is 30.6. The van der Waals surface area contributed by atoms with E-state index in [4.69, 9.17) is 0 Å². The van der Waals surface area contributed by atoms with Crippen molar-refractivity contribution < 1.29 is 5.11 Å². The molecule has 2 bridgehead atoms. The van der Waals surface area contributed by atoms with Crippen LogP contribution in [0.3, 0.4) is 0 Å². The molecule has 4 nitrogen and oxygen atoms in total. The Morgan fingerprint density at radius 2 is 1.90 bits per heavy atom. The van der Waals surface area contributed by atoms with Crippen LogP contribution in [-0.4, -0.2) is 58.7 Å². The van der Waals surface area contributed by atoms with Gasteiger partial charge < -0.3 is 5.11 Å². The number of rotatable bonds is 2. The van der Waals surface area contributed by atoms with Gasteiger partial charge >= 0.3 is 0 Å². The number of piperazine rings is 3. The van der Waals surface area contributed by atoms with Crippen molar-refractivity contribution in [3.63, 3.8) is 0 Å². The highest BCUT2D eigenvalue weighted by Gasteiger charge is 2.37. The van der Waals surface area contributed by atoms with Gasteiger partial charge in [0.2, 0.25) is 0 Å². The standard InChI is InChI=1S/C16H19N3O/c20-16(15-11-18-5-7-19(15)8-6-18)14-10-17-9-12-3-1-2-4-13(12)14/h1-4,9-10,15-16,20H,5-8,11H2. The minimum absolute atomic E-state index is 0.199. The maximum Gasteiger partial charge on any atom is 0.0978 e. The van der Waals surface area contributed by atoms with Gasteiger partial charge in [0.05, 0.1) is 12.1 Å². The first-order valence-corrected chi connectivity index (χ1v) is 7.30. The summed E-state index contributed by atoms with van der Waals surface area (Å²) >= 11 is 0. The number of aliphatic hydroxyl groups is 1. The zero-order valence-corrected chi connectivity index (χ0v) is 11.4. The summed E-state index contributed by atoms with van der Waals surface area (Å²) in [5.74, 6) is 0. The highest BCUT2D eigenvalue weighted by atomic mass is 16.3. The zero-order chi connectivity index (χ0) is 13.5. The molecule has 4 heteroatoms. The average Bonchev–Trinajstić information content (AvgIpc) is 2.54. The summed E-state index contributed by atoms with van der Waals surface area (Å²) in [5, 5.41) is 13.1. The molecule has 2 unspecified atom stereocenters. The minimum atomic E-state index is -0.461. The van der Waals surface area contributed by atoms with Crippen LogP contribution in [0.4, 0.5) is 0 Å². The Hall–Kier alpha value is -1.49. The van der Waals surface area contributed by atoms with Gasteiger partial charge in [-0.1, -0.05) is 24.3 Å². The third-order valence-electron chi connectivity index (χ3n) is 4.70. The molecule has 1 aromatic heterocycles. The van der Waals surface area contributed by atoms with Crippen LogP contribution in [0.15, 0.2) is 36.7 Å². The van der Waals surface area contributed by atoms with E-state index < -0.39 is 6.10 Å². The maximum atomic E-state index is 10.9. The van der Waals surface area contributed by atoms with Gasteiger partial charge in [0.25, 0.3) is 0 Å². The van der Waals surface area contributed by atoms with Crippen LogP contribution in [0.1, 0.15) is 11.7 Å². The SMILES string of the molecule is OC(c1cncc2ccccc12)C1CN2CCN1CC2. The van der Waals surface area contributed by atoms with Crippen LogP contribution in [0.25, 0.3) is 10.8 Å². The lowest BCUT2D eigenvalue weighted by Gasteiger charge is -2.49. The number of nitrogens with zero attached hydrogens (tertiary/aromatic N) is 3. The molecular weight excluding hydrogens is 250 g/mol. The van der Waals surface area contributed by atoms with Gasteiger partial charge in [-0.3, -0.25) is 14.8 Å². The van der Waals surface area contributed by atoms with Crippen molar-refractivity contribution in [2.45, 2.75) is 12.1 Å². The van der Waals surface area contributed by atoms with Crippen molar-refractivity contribution in [3.8, 4) is 0 Å². The van der Waals surface area contributed by atoms with Crippen LogP contribution < -0.4 is 0 Å². The minimum Gasteiger partial charge on any atom is -0.387 e. The van der Waals surface area contributed by atoms with Crippen LogP contribution in [0.5, 0.6) is 0 Å². The van der Waals surface area contributed by atoms with E-state index in [2.05, 4.69) is 26.9 Å². The van der Waals surface area contributed by atoms with E-state index in [0.29, 0.717) is 0 Å². The number of hydrogen-bond donors (Lipinski definition) is 1. The molecule has 5 rings (SSSR count). The van der Waals surface area contributed by atoms with Crippen LogP contribution in [0.2, 0.25) is 0 Å². The van der Waals surface area contributed by atoms with Crippen molar-refractivity contribution >= 4 is 10.8 Å². The maximum absolute atomic E-state index is 10.9. The van der Waals surface area contributed by atoms with Gasteiger partial charge in [-0.2, -0.15) is 0 Å². The fourth-order valence-corrected chi connectivity index (χ4v) is 3.54. The molecule has 2 aromatic rings. The second kappa shape index (κ2) is 4.81. The van der Waals surface area contributed by atoms with Gasteiger partial charge in [-0.25, -0.2) is 0 Å². The fourth-order valence-electron chi connectivity index (χ4n) is 3.54. The van der Waals surface area contributed by atoms with E-state index >= 15 is 0 Å². The summed E-state index contributed by atoms with van der Waals surface area (Å²) in [6, 6.07) is 8.36. The summed E-state index contributed by atoms with van der Waals surface area (Å²) in [5.41, 5.74) is 0.960. The Kier molecular flexibility index (Phi) is 2.95. The number of aliphatic hydroxyl groups excluding tert-OH is 1. The predicted octanol–water partition coefficient (Wildman–Crippen LogP) is 1.27. The third kappa shape index (κ3) is 1.92. The predicted molar refractivity (Wildman–Crippen MR) is 78.5 cm³/mol. The molecule has 2 atom stereocenters. The lowest BCUT2D eigenvalue weighted by atomic mass is 9.94. The van der Waals surface area contributed by atoms with Crippen molar-refractivity contribution in [2.75, 3.05) is 32.7 Å². The Balaban J connectivity index is 1.72. The van der Waals surface area contributed by atoms with Gasteiger partial charge in [0, 0.05) is 56.1 Å². The van der Waals surface area contributed by atoms with E-state index in [0.717, 1.165) is 49.1 Å². The van der Waals surface area contributed by atoms with Crippen LogP contribution in [-0.2, 0) is 0 Å². The molecule has 3 saturated heterocycles. The molecule has 0 saturated carbocycles. The third-order valence-corrected chi connectivity index (χ3v) is 4.70. The van der Waals surface area contributed by atoms with Crippen LogP contribution in [0, 0.1) is 0 Å². The molecule has 20 heavy (non-hydrogen) atoms. The van der Waals surface area contributed by atoms with Gasteiger partial charge in [0.1, 0.15) is 0 Å². The number of fused-ring (bicyclic) bond motifs is 4.